The van der Waals surface area contributed by atoms with E-state index in [1.165, 1.54) is 0 Å². The van der Waals surface area contributed by atoms with Gasteiger partial charge in [-0.1, -0.05) is 36.2 Å². The summed E-state index contributed by atoms with van der Waals surface area (Å²) in [7, 11) is 0. The fourth-order valence-corrected chi connectivity index (χ4v) is 2.84. The van der Waals surface area contributed by atoms with Gasteiger partial charge in [0.05, 0.1) is 6.04 Å². The van der Waals surface area contributed by atoms with E-state index in [2.05, 4.69) is 17.6 Å². The first-order valence-corrected chi connectivity index (χ1v) is 7.28. The first-order valence-electron chi connectivity index (χ1n) is 6.53. The molecule has 1 heterocycles. The van der Waals surface area contributed by atoms with Crippen LogP contribution in [0.1, 0.15) is 18.9 Å². The highest BCUT2D eigenvalue weighted by Gasteiger charge is 2.28. The van der Waals surface area contributed by atoms with Gasteiger partial charge < -0.3 is 10.6 Å². The molecule has 0 radical (unpaired) electrons. The summed E-state index contributed by atoms with van der Waals surface area (Å²) in [5.41, 5.74) is 0.999. The highest BCUT2D eigenvalue weighted by atomic mass is 35.5. The maximum atomic E-state index is 12.0. The SMILES string of the molecule is CC1CCNC1C(=O)NCCc1ccc(Cl)cc1Cl. The van der Waals surface area contributed by atoms with E-state index >= 15 is 0 Å². The van der Waals surface area contributed by atoms with Gasteiger partial charge in [-0.15, -0.1) is 0 Å². The Morgan fingerprint density at radius 3 is 2.89 bits per heavy atom. The molecule has 2 unspecified atom stereocenters. The predicted octanol–water partition coefficient (Wildman–Crippen LogP) is 2.65. The lowest BCUT2D eigenvalue weighted by Crippen LogP contribution is -2.43. The number of hydrogen-bond acceptors (Lipinski definition) is 2. The van der Waals surface area contributed by atoms with Gasteiger partial charge in [0.1, 0.15) is 0 Å². The molecule has 1 saturated heterocycles. The molecule has 1 aromatic rings. The van der Waals surface area contributed by atoms with Crippen LogP contribution in [0.15, 0.2) is 18.2 Å². The molecular weight excluding hydrogens is 283 g/mol. The molecule has 5 heteroatoms. The van der Waals surface area contributed by atoms with E-state index in [-0.39, 0.29) is 11.9 Å². The van der Waals surface area contributed by atoms with Crippen LogP contribution < -0.4 is 10.6 Å². The van der Waals surface area contributed by atoms with Crippen LogP contribution in [0.4, 0.5) is 0 Å². The van der Waals surface area contributed by atoms with Crippen LogP contribution in [0.3, 0.4) is 0 Å². The van der Waals surface area contributed by atoms with Crippen molar-refractivity contribution in [3.8, 4) is 0 Å². The quantitative estimate of drug-likeness (QED) is 0.897. The van der Waals surface area contributed by atoms with Gasteiger partial charge in [-0.25, -0.2) is 0 Å². The van der Waals surface area contributed by atoms with Crippen LogP contribution in [-0.2, 0) is 11.2 Å². The minimum atomic E-state index is -0.0549. The second-order valence-electron chi connectivity index (χ2n) is 4.97. The molecule has 0 spiro atoms. The summed E-state index contributed by atoms with van der Waals surface area (Å²) in [6.07, 6.45) is 1.77. The predicted molar refractivity (Wildman–Crippen MR) is 78.7 cm³/mol. The van der Waals surface area contributed by atoms with Crippen molar-refractivity contribution in [1.29, 1.82) is 0 Å². The third-order valence-electron chi connectivity index (χ3n) is 3.52. The first-order chi connectivity index (χ1) is 9.08. The number of amides is 1. The molecule has 1 amide bonds. The molecule has 104 valence electrons. The minimum Gasteiger partial charge on any atom is -0.354 e. The van der Waals surface area contributed by atoms with Gasteiger partial charge in [0.2, 0.25) is 5.91 Å². The fourth-order valence-electron chi connectivity index (χ4n) is 2.34. The van der Waals surface area contributed by atoms with Crippen LogP contribution in [-0.4, -0.2) is 25.0 Å². The molecular formula is C14H18Cl2N2O. The topological polar surface area (TPSA) is 41.1 Å². The summed E-state index contributed by atoms with van der Waals surface area (Å²) in [5.74, 6) is 0.481. The molecule has 3 nitrogen and oxygen atoms in total. The van der Waals surface area contributed by atoms with Crippen LogP contribution in [0.5, 0.6) is 0 Å². The van der Waals surface area contributed by atoms with Crippen LogP contribution in [0, 0.1) is 5.92 Å². The maximum absolute atomic E-state index is 12.0. The third-order valence-corrected chi connectivity index (χ3v) is 4.11. The Balaban J connectivity index is 1.81. The Labute approximate surface area is 123 Å². The summed E-state index contributed by atoms with van der Waals surface area (Å²) in [6.45, 7) is 3.60. The monoisotopic (exact) mass is 300 g/mol. The summed E-state index contributed by atoms with van der Waals surface area (Å²) < 4.78 is 0. The average Bonchev–Trinajstić information content (AvgIpc) is 2.78. The molecule has 1 aliphatic rings. The molecule has 0 bridgehead atoms. The fraction of sp³-hybridized carbons (Fsp3) is 0.500. The highest BCUT2D eigenvalue weighted by molar-refractivity contribution is 6.35. The molecule has 1 aliphatic heterocycles. The van der Waals surface area contributed by atoms with Crippen LogP contribution >= 0.6 is 23.2 Å². The van der Waals surface area contributed by atoms with Gasteiger partial charge in [-0.2, -0.15) is 0 Å². The molecule has 2 atom stereocenters. The summed E-state index contributed by atoms with van der Waals surface area (Å²) in [5, 5.41) is 7.44. The van der Waals surface area contributed by atoms with Crippen molar-refractivity contribution in [2.24, 2.45) is 5.92 Å². The Morgan fingerprint density at radius 1 is 1.47 bits per heavy atom. The lowest BCUT2D eigenvalue weighted by Gasteiger charge is -2.15. The van der Waals surface area contributed by atoms with Gasteiger partial charge in [-0.3, -0.25) is 4.79 Å². The summed E-state index contributed by atoms with van der Waals surface area (Å²) in [6, 6.07) is 5.37. The minimum absolute atomic E-state index is 0.0549. The molecule has 19 heavy (non-hydrogen) atoms. The van der Waals surface area contributed by atoms with Crippen molar-refractivity contribution < 1.29 is 4.79 Å². The van der Waals surface area contributed by atoms with Crippen molar-refractivity contribution >= 4 is 29.1 Å². The van der Waals surface area contributed by atoms with E-state index in [1.54, 1.807) is 6.07 Å². The number of hydrogen-bond donors (Lipinski definition) is 2. The van der Waals surface area contributed by atoms with E-state index < -0.39 is 0 Å². The summed E-state index contributed by atoms with van der Waals surface area (Å²) in [4.78, 5) is 12.0. The van der Waals surface area contributed by atoms with Crippen LogP contribution in [0.2, 0.25) is 10.0 Å². The van der Waals surface area contributed by atoms with E-state index in [0.29, 0.717) is 28.9 Å². The smallest absolute Gasteiger partial charge is 0.237 e. The largest absolute Gasteiger partial charge is 0.354 e. The van der Waals surface area contributed by atoms with E-state index in [1.807, 2.05) is 12.1 Å². The zero-order valence-corrected chi connectivity index (χ0v) is 12.4. The van der Waals surface area contributed by atoms with E-state index in [0.717, 1.165) is 18.5 Å². The number of carbonyl (C=O) groups excluding carboxylic acids is 1. The number of nitrogens with one attached hydrogen (secondary N) is 2. The number of benzene rings is 1. The van der Waals surface area contributed by atoms with Gasteiger partial charge in [0, 0.05) is 16.6 Å². The zero-order chi connectivity index (χ0) is 13.8. The molecule has 2 N–H and O–H groups in total. The molecule has 1 aromatic carbocycles. The lowest BCUT2D eigenvalue weighted by molar-refractivity contribution is -0.123. The van der Waals surface area contributed by atoms with Crippen molar-refractivity contribution in [1.82, 2.24) is 10.6 Å². The van der Waals surface area contributed by atoms with Crippen molar-refractivity contribution in [2.45, 2.75) is 25.8 Å². The summed E-state index contributed by atoms with van der Waals surface area (Å²) >= 11 is 11.9. The van der Waals surface area contributed by atoms with Gasteiger partial charge in [0.15, 0.2) is 0 Å². The van der Waals surface area contributed by atoms with Crippen molar-refractivity contribution in [3.63, 3.8) is 0 Å². The lowest BCUT2D eigenvalue weighted by atomic mass is 10.0. The molecule has 0 aromatic heterocycles. The zero-order valence-electron chi connectivity index (χ0n) is 10.9. The van der Waals surface area contributed by atoms with Crippen LogP contribution in [0.25, 0.3) is 0 Å². The van der Waals surface area contributed by atoms with Crippen molar-refractivity contribution in [2.75, 3.05) is 13.1 Å². The molecule has 1 fully saturated rings. The Bertz CT molecular complexity index is 465. The standard InChI is InChI=1S/C14H18Cl2N2O/c1-9-4-6-17-13(9)14(19)18-7-5-10-2-3-11(15)8-12(10)16/h2-3,8-9,13,17H,4-7H2,1H3,(H,18,19). The normalized spacial score (nSPS) is 22.5. The Hall–Kier alpha value is -0.770. The number of halogens is 2. The Morgan fingerprint density at radius 2 is 2.26 bits per heavy atom. The van der Waals surface area contributed by atoms with Crippen molar-refractivity contribution in [3.05, 3.63) is 33.8 Å². The second kappa shape index (κ2) is 6.60. The van der Waals surface area contributed by atoms with E-state index in [9.17, 15) is 4.79 Å². The van der Waals surface area contributed by atoms with Gasteiger partial charge >= 0.3 is 0 Å². The van der Waals surface area contributed by atoms with E-state index in [4.69, 9.17) is 23.2 Å². The highest BCUT2D eigenvalue weighted by Crippen LogP contribution is 2.21. The third kappa shape index (κ3) is 3.85. The Kier molecular flexibility index (Phi) is 5.08. The van der Waals surface area contributed by atoms with Gasteiger partial charge in [-0.05, 0) is 43.0 Å². The molecule has 2 rings (SSSR count). The first kappa shape index (κ1) is 14.6. The number of carbonyl (C=O) groups is 1. The van der Waals surface area contributed by atoms with Gasteiger partial charge in [0.25, 0.3) is 0 Å². The average molecular weight is 301 g/mol. The maximum Gasteiger partial charge on any atom is 0.237 e. The molecule has 0 saturated carbocycles. The second-order valence-corrected chi connectivity index (χ2v) is 5.82. The molecule has 0 aliphatic carbocycles. The number of rotatable bonds is 4.